The molecule has 1 saturated heterocycles. The van der Waals surface area contributed by atoms with Gasteiger partial charge in [0.25, 0.3) is 0 Å². The molecule has 0 radical (unpaired) electrons. The second-order valence-corrected chi connectivity index (χ2v) is 6.77. The van der Waals surface area contributed by atoms with E-state index in [2.05, 4.69) is 30.8 Å². The Balaban J connectivity index is 2.02. The maximum Gasteiger partial charge on any atom is 0.0355 e. The molecule has 106 valence electrons. The smallest absolute Gasteiger partial charge is 0.0355 e. The Morgan fingerprint density at radius 2 is 1.94 bits per heavy atom. The van der Waals surface area contributed by atoms with Gasteiger partial charge in [-0.15, -0.1) is 0 Å². The minimum Gasteiger partial charge on any atom is -0.329 e. The van der Waals surface area contributed by atoms with Crippen LogP contribution in [0.4, 0.5) is 0 Å². The Bertz CT molecular complexity index is 258. The summed E-state index contributed by atoms with van der Waals surface area (Å²) in [6.07, 6.45) is 8.04. The molecule has 0 amide bonds. The molecule has 1 aliphatic heterocycles. The monoisotopic (exact) mass is 253 g/mol. The zero-order valence-electron chi connectivity index (χ0n) is 12.5. The molecule has 2 fully saturated rings. The van der Waals surface area contributed by atoms with E-state index in [4.69, 9.17) is 5.73 Å². The molecular formula is C15H31N3. The van der Waals surface area contributed by atoms with E-state index in [1.807, 2.05) is 0 Å². The zero-order chi connectivity index (χ0) is 13.2. The van der Waals surface area contributed by atoms with Crippen LogP contribution in [0.5, 0.6) is 0 Å². The van der Waals surface area contributed by atoms with Crippen molar-refractivity contribution in [3.8, 4) is 0 Å². The van der Waals surface area contributed by atoms with Crippen LogP contribution in [-0.4, -0.2) is 55.1 Å². The standard InChI is InChI=1S/C15H31N3/c1-13-5-4-6-14(11-13)18(3)15(12-16)7-9-17(2)10-8-15/h13-14H,4-12,16H2,1-3H3. The van der Waals surface area contributed by atoms with Crippen LogP contribution in [0, 0.1) is 5.92 Å². The van der Waals surface area contributed by atoms with Gasteiger partial charge in [-0.05, 0) is 58.8 Å². The Kier molecular flexibility index (Phi) is 4.68. The third-order valence-electron chi connectivity index (χ3n) is 5.50. The van der Waals surface area contributed by atoms with Gasteiger partial charge in [0.2, 0.25) is 0 Å². The maximum atomic E-state index is 6.17. The van der Waals surface area contributed by atoms with E-state index in [9.17, 15) is 0 Å². The van der Waals surface area contributed by atoms with Gasteiger partial charge in [-0.1, -0.05) is 19.8 Å². The summed E-state index contributed by atoms with van der Waals surface area (Å²) in [6, 6.07) is 0.765. The summed E-state index contributed by atoms with van der Waals surface area (Å²) in [5.74, 6) is 0.896. The molecular weight excluding hydrogens is 222 g/mol. The highest BCUT2D eigenvalue weighted by molar-refractivity contribution is 4.97. The van der Waals surface area contributed by atoms with Gasteiger partial charge in [-0.25, -0.2) is 0 Å². The normalized spacial score (nSPS) is 33.8. The summed E-state index contributed by atoms with van der Waals surface area (Å²) < 4.78 is 0. The lowest BCUT2D eigenvalue weighted by molar-refractivity contribution is 0.00480. The van der Waals surface area contributed by atoms with Crippen molar-refractivity contribution >= 4 is 0 Å². The molecule has 3 nitrogen and oxygen atoms in total. The summed E-state index contributed by atoms with van der Waals surface area (Å²) in [4.78, 5) is 5.10. The van der Waals surface area contributed by atoms with E-state index < -0.39 is 0 Å². The number of nitrogens with two attached hydrogens (primary N) is 1. The van der Waals surface area contributed by atoms with Gasteiger partial charge in [0, 0.05) is 18.1 Å². The molecule has 3 heteroatoms. The van der Waals surface area contributed by atoms with E-state index in [0.29, 0.717) is 0 Å². The van der Waals surface area contributed by atoms with Crippen LogP contribution in [0.1, 0.15) is 45.4 Å². The van der Waals surface area contributed by atoms with Crippen molar-refractivity contribution in [2.75, 3.05) is 33.7 Å². The average Bonchev–Trinajstić information content (AvgIpc) is 2.39. The molecule has 0 bridgehead atoms. The summed E-state index contributed by atoms with van der Waals surface area (Å²) >= 11 is 0. The van der Waals surface area contributed by atoms with Crippen LogP contribution in [-0.2, 0) is 0 Å². The molecule has 0 aromatic carbocycles. The first-order valence-electron chi connectivity index (χ1n) is 7.69. The molecule has 2 N–H and O–H groups in total. The van der Waals surface area contributed by atoms with Crippen molar-refractivity contribution in [1.29, 1.82) is 0 Å². The van der Waals surface area contributed by atoms with Crippen LogP contribution in [0.25, 0.3) is 0 Å². The number of hydrogen-bond acceptors (Lipinski definition) is 3. The Morgan fingerprint density at radius 3 is 2.50 bits per heavy atom. The largest absolute Gasteiger partial charge is 0.329 e. The van der Waals surface area contributed by atoms with Crippen LogP contribution >= 0.6 is 0 Å². The highest BCUT2D eigenvalue weighted by atomic mass is 15.2. The first kappa shape index (κ1) is 14.3. The van der Waals surface area contributed by atoms with Crippen LogP contribution in [0.15, 0.2) is 0 Å². The third kappa shape index (κ3) is 2.89. The van der Waals surface area contributed by atoms with Crippen molar-refractivity contribution in [2.45, 2.75) is 57.0 Å². The zero-order valence-corrected chi connectivity index (χ0v) is 12.5. The lowest BCUT2D eigenvalue weighted by atomic mass is 9.80. The number of likely N-dealkylation sites (tertiary alicyclic amines) is 1. The number of piperidine rings is 1. The molecule has 0 aromatic rings. The van der Waals surface area contributed by atoms with E-state index in [1.165, 1.54) is 51.6 Å². The third-order valence-corrected chi connectivity index (χ3v) is 5.50. The minimum absolute atomic E-state index is 0.272. The van der Waals surface area contributed by atoms with Gasteiger partial charge in [0.05, 0.1) is 0 Å². The number of rotatable bonds is 3. The molecule has 1 aliphatic carbocycles. The van der Waals surface area contributed by atoms with Crippen molar-refractivity contribution in [2.24, 2.45) is 11.7 Å². The minimum atomic E-state index is 0.272. The fourth-order valence-electron chi connectivity index (χ4n) is 3.88. The molecule has 2 rings (SSSR count). The Morgan fingerprint density at radius 1 is 1.28 bits per heavy atom. The second-order valence-electron chi connectivity index (χ2n) is 6.77. The molecule has 1 saturated carbocycles. The number of hydrogen-bond donors (Lipinski definition) is 1. The van der Waals surface area contributed by atoms with Crippen molar-refractivity contribution in [1.82, 2.24) is 9.80 Å². The Hall–Kier alpha value is -0.120. The van der Waals surface area contributed by atoms with E-state index in [-0.39, 0.29) is 5.54 Å². The fourth-order valence-corrected chi connectivity index (χ4v) is 3.88. The van der Waals surface area contributed by atoms with Crippen molar-refractivity contribution < 1.29 is 0 Å². The molecule has 1 heterocycles. The first-order chi connectivity index (χ1) is 8.57. The fraction of sp³-hybridized carbons (Fsp3) is 1.00. The highest BCUT2D eigenvalue weighted by Gasteiger charge is 2.39. The summed E-state index contributed by atoms with van der Waals surface area (Å²) in [5.41, 5.74) is 6.44. The van der Waals surface area contributed by atoms with Gasteiger partial charge in [-0.2, -0.15) is 0 Å². The van der Waals surface area contributed by atoms with Gasteiger partial charge < -0.3 is 10.6 Å². The first-order valence-corrected chi connectivity index (χ1v) is 7.69. The predicted octanol–water partition coefficient (Wildman–Crippen LogP) is 1.92. The molecule has 0 spiro atoms. The van der Waals surface area contributed by atoms with Gasteiger partial charge in [0.15, 0.2) is 0 Å². The maximum absolute atomic E-state index is 6.17. The van der Waals surface area contributed by atoms with Crippen LogP contribution in [0.3, 0.4) is 0 Å². The second kappa shape index (κ2) is 5.89. The highest BCUT2D eigenvalue weighted by Crippen LogP contribution is 2.34. The quantitative estimate of drug-likeness (QED) is 0.834. The topological polar surface area (TPSA) is 32.5 Å². The van der Waals surface area contributed by atoms with Gasteiger partial charge in [0.1, 0.15) is 0 Å². The number of likely N-dealkylation sites (N-methyl/N-ethyl adjacent to an activating group) is 1. The van der Waals surface area contributed by atoms with Crippen LogP contribution < -0.4 is 5.73 Å². The predicted molar refractivity (Wildman–Crippen MR) is 77.7 cm³/mol. The summed E-state index contributed by atoms with van der Waals surface area (Å²) in [7, 11) is 4.56. The molecule has 0 aromatic heterocycles. The van der Waals surface area contributed by atoms with Gasteiger partial charge >= 0.3 is 0 Å². The summed E-state index contributed by atoms with van der Waals surface area (Å²) in [6.45, 7) is 5.62. The van der Waals surface area contributed by atoms with Gasteiger partial charge in [-0.3, -0.25) is 4.90 Å². The van der Waals surface area contributed by atoms with Crippen LogP contribution in [0.2, 0.25) is 0 Å². The van der Waals surface area contributed by atoms with E-state index in [1.54, 1.807) is 0 Å². The SMILES string of the molecule is CC1CCCC(N(C)C2(CN)CCN(C)CC2)C1. The average molecular weight is 253 g/mol. The molecule has 2 aliphatic rings. The molecule has 2 unspecified atom stereocenters. The van der Waals surface area contributed by atoms with Crippen molar-refractivity contribution in [3.05, 3.63) is 0 Å². The van der Waals surface area contributed by atoms with E-state index >= 15 is 0 Å². The van der Waals surface area contributed by atoms with Crippen molar-refractivity contribution in [3.63, 3.8) is 0 Å². The Labute approximate surface area is 113 Å². The lowest BCUT2D eigenvalue weighted by Gasteiger charge is -2.50. The molecule has 2 atom stereocenters. The summed E-state index contributed by atoms with van der Waals surface area (Å²) in [5, 5.41) is 0. The molecule has 18 heavy (non-hydrogen) atoms. The van der Waals surface area contributed by atoms with E-state index in [0.717, 1.165) is 18.5 Å². The lowest BCUT2D eigenvalue weighted by Crippen LogP contribution is -2.60. The number of nitrogens with zero attached hydrogens (tertiary/aromatic N) is 2.